The molecule has 125 valence electrons. The van der Waals surface area contributed by atoms with Crippen LogP contribution in [-0.2, 0) is 26.9 Å². The van der Waals surface area contributed by atoms with Gasteiger partial charge < -0.3 is 24.8 Å². The van der Waals surface area contributed by atoms with E-state index < -0.39 is 0 Å². The minimum Gasteiger partial charge on any atom is -1.00 e. The Labute approximate surface area is 177 Å². The Balaban J connectivity index is 0.00000113. The van der Waals surface area contributed by atoms with Gasteiger partial charge in [-0.2, -0.15) is 0 Å². The van der Waals surface area contributed by atoms with Crippen molar-refractivity contribution in [3.63, 3.8) is 0 Å². The number of rotatable bonds is 2. The predicted molar refractivity (Wildman–Crippen MR) is 91.3 cm³/mol. The Morgan fingerprint density at radius 2 is 1.68 bits per heavy atom. The summed E-state index contributed by atoms with van der Waals surface area (Å²) in [4.78, 5) is 0. The van der Waals surface area contributed by atoms with E-state index in [1.807, 2.05) is 6.07 Å². The van der Waals surface area contributed by atoms with Gasteiger partial charge in [-0.05, 0) is 0 Å². The van der Waals surface area contributed by atoms with Gasteiger partial charge in [-0.15, -0.1) is 0 Å². The van der Waals surface area contributed by atoms with E-state index in [0.717, 1.165) is 17.2 Å². The van der Waals surface area contributed by atoms with Crippen LogP contribution >= 0.6 is 11.6 Å². The molecule has 0 unspecified atom stereocenters. The van der Waals surface area contributed by atoms with E-state index in [4.69, 9.17) is 16.3 Å². The van der Waals surface area contributed by atoms with Gasteiger partial charge in [0.2, 0.25) is 0 Å². The molecular weight excluding hydrogens is 410 g/mol. The zero-order valence-electron chi connectivity index (χ0n) is 13.4. The Kier molecular flexibility index (Phi) is 6.64. The number of halogens is 3. The minimum atomic E-state index is 0. The second kappa shape index (κ2) is 8.16. The molecule has 0 saturated heterocycles. The molecule has 3 aromatic rings. The van der Waals surface area contributed by atoms with Gasteiger partial charge in [0.25, 0.3) is 0 Å². The molecule has 0 atom stereocenters. The van der Waals surface area contributed by atoms with Crippen LogP contribution in [0.3, 0.4) is 0 Å². The van der Waals surface area contributed by atoms with Crippen LogP contribution in [0, 0.1) is 0 Å². The van der Waals surface area contributed by atoms with Crippen LogP contribution in [0.1, 0.15) is 11.1 Å². The average Bonchev–Trinajstić information content (AvgIpc) is 2.92. The van der Waals surface area contributed by atoms with Gasteiger partial charge in [0, 0.05) is 0 Å². The largest absolute Gasteiger partial charge is 1.00 e. The molecule has 25 heavy (non-hydrogen) atoms. The van der Waals surface area contributed by atoms with Crippen molar-refractivity contribution in [3.8, 4) is 28.0 Å². The second-order valence-corrected chi connectivity index (χ2v) is 6.98. The molecule has 1 nitrogen and oxygen atoms in total. The van der Waals surface area contributed by atoms with Crippen molar-refractivity contribution in [2.75, 3.05) is 7.11 Å². The summed E-state index contributed by atoms with van der Waals surface area (Å²) in [6, 6.07) is 18.8. The van der Waals surface area contributed by atoms with E-state index in [-0.39, 0.29) is 24.8 Å². The first-order valence-corrected chi connectivity index (χ1v) is 8.64. The molecule has 0 N–H and O–H groups in total. The van der Waals surface area contributed by atoms with Crippen molar-refractivity contribution >= 4 is 15.5 Å². The first-order valence-electron chi connectivity index (χ1n) is 7.48. The maximum atomic E-state index is 6.20. The van der Waals surface area contributed by atoms with Gasteiger partial charge >= 0.3 is 153 Å². The van der Waals surface area contributed by atoms with Crippen LogP contribution in [0.4, 0.5) is 0 Å². The number of hydrogen-bond acceptors (Lipinski definition) is 1. The van der Waals surface area contributed by atoms with E-state index in [9.17, 15) is 0 Å². The van der Waals surface area contributed by atoms with Crippen molar-refractivity contribution in [1.82, 2.24) is 0 Å². The van der Waals surface area contributed by atoms with Crippen LogP contribution < -0.4 is 33.4 Å². The topological polar surface area (TPSA) is 9.23 Å². The van der Waals surface area contributed by atoms with Crippen LogP contribution in [0.15, 0.2) is 54.6 Å². The molecule has 0 amide bonds. The fraction of sp³-hybridized carbons (Fsp3) is 0.100. The standard InChI is InChI=1S/C20H14ClO.2ClH.Ti/c1-22-19-10-9-16(13-5-3-2-4-6-13)18-12-14-11-15(21)7-8-17(14)20(18)19;;;/h2-8,10-11H,12H2,1H3;2*1H;/q;;;+2/p-2. The van der Waals surface area contributed by atoms with Gasteiger partial charge in [0.15, 0.2) is 0 Å². The molecule has 3 aromatic carbocycles. The number of fused-ring (bicyclic) bond motifs is 3. The van der Waals surface area contributed by atoms with Gasteiger partial charge in [-0.1, -0.05) is 0 Å². The molecular formula is C20H14Cl3OTi. The number of ether oxygens (including phenoxy) is 1. The SMILES string of the molecule is COc1c[c]([Ti+2])c(-c2ccccc2)c2c1-c1ccc(Cl)cc1C2.[Cl-].[Cl-]. The molecule has 0 fully saturated rings. The maximum Gasteiger partial charge on any atom is -1.00 e. The third-order valence-corrected chi connectivity index (χ3v) is 5.23. The van der Waals surface area contributed by atoms with Gasteiger partial charge in [-0.25, -0.2) is 0 Å². The summed E-state index contributed by atoms with van der Waals surface area (Å²) < 4.78 is 6.92. The normalized spacial score (nSPS) is 11.0. The molecule has 4 rings (SSSR count). The number of benzene rings is 3. The summed E-state index contributed by atoms with van der Waals surface area (Å²) >= 11 is 8.35. The Morgan fingerprint density at radius 3 is 2.36 bits per heavy atom. The van der Waals surface area contributed by atoms with Crippen LogP contribution in [0.2, 0.25) is 5.02 Å². The van der Waals surface area contributed by atoms with Crippen molar-refractivity contribution in [1.29, 1.82) is 0 Å². The first kappa shape index (κ1) is 20.4. The summed E-state index contributed by atoms with van der Waals surface area (Å²) in [5.74, 6) is 0.943. The smallest absolute Gasteiger partial charge is 1.00 e. The molecule has 0 spiro atoms. The zero-order chi connectivity index (χ0) is 16.0. The quantitative estimate of drug-likeness (QED) is 0.366. The molecule has 1 aliphatic carbocycles. The molecule has 0 aliphatic heterocycles. The van der Waals surface area contributed by atoms with Crippen molar-refractivity contribution < 1.29 is 50.0 Å². The zero-order valence-corrected chi connectivity index (χ0v) is 17.3. The maximum absolute atomic E-state index is 6.20. The van der Waals surface area contributed by atoms with E-state index >= 15 is 0 Å². The Morgan fingerprint density at radius 1 is 0.960 bits per heavy atom. The van der Waals surface area contributed by atoms with E-state index in [2.05, 4.69) is 69.0 Å². The Bertz CT molecular complexity index is 911. The Hall–Kier alpha value is -0.956. The summed E-state index contributed by atoms with van der Waals surface area (Å²) in [7, 11) is 1.74. The van der Waals surface area contributed by atoms with Gasteiger partial charge in [0.05, 0.1) is 0 Å². The first-order chi connectivity index (χ1) is 11.2. The third kappa shape index (κ3) is 3.49. The second-order valence-electron chi connectivity index (χ2n) is 5.70. The molecule has 0 saturated carbocycles. The molecule has 5 heteroatoms. The minimum absolute atomic E-state index is 0. The summed E-state index contributed by atoms with van der Waals surface area (Å²) in [6.07, 6.45) is 0.896. The van der Waals surface area contributed by atoms with Crippen molar-refractivity contribution in [3.05, 3.63) is 70.7 Å². The monoisotopic (exact) mass is 423 g/mol. The average molecular weight is 425 g/mol. The van der Waals surface area contributed by atoms with Crippen LogP contribution in [0.25, 0.3) is 22.3 Å². The predicted octanol–water partition coefficient (Wildman–Crippen LogP) is -1.23. The van der Waals surface area contributed by atoms with Gasteiger partial charge in [-0.3, -0.25) is 0 Å². The van der Waals surface area contributed by atoms with Crippen LogP contribution in [-0.4, -0.2) is 7.11 Å². The van der Waals surface area contributed by atoms with Crippen LogP contribution in [0.5, 0.6) is 5.75 Å². The fourth-order valence-electron chi connectivity index (χ4n) is 3.42. The van der Waals surface area contributed by atoms with E-state index in [1.165, 1.54) is 37.2 Å². The summed E-state index contributed by atoms with van der Waals surface area (Å²) in [5, 5.41) is 0.786. The van der Waals surface area contributed by atoms with E-state index in [0.29, 0.717) is 0 Å². The fourth-order valence-corrected chi connectivity index (χ4v) is 4.28. The molecule has 0 bridgehead atoms. The molecule has 1 aliphatic rings. The van der Waals surface area contributed by atoms with Crippen molar-refractivity contribution in [2.24, 2.45) is 0 Å². The number of hydrogen-bond donors (Lipinski definition) is 0. The van der Waals surface area contributed by atoms with E-state index in [1.54, 1.807) is 7.11 Å². The number of methoxy groups -OCH3 is 1. The summed E-state index contributed by atoms with van der Waals surface area (Å²) in [5.41, 5.74) is 7.62. The molecule has 0 radical (unpaired) electrons. The summed E-state index contributed by atoms with van der Waals surface area (Å²) in [6.45, 7) is 0. The molecule has 0 heterocycles. The van der Waals surface area contributed by atoms with Crippen molar-refractivity contribution in [2.45, 2.75) is 6.42 Å². The third-order valence-electron chi connectivity index (χ3n) is 4.38. The molecule has 0 aromatic heterocycles. The van der Waals surface area contributed by atoms with Gasteiger partial charge in [0.1, 0.15) is 0 Å².